The van der Waals surface area contributed by atoms with E-state index in [-0.39, 0.29) is 11.8 Å². The molecule has 0 N–H and O–H groups in total. The minimum Gasteiger partial charge on any atom is -0.497 e. The third-order valence-electron chi connectivity index (χ3n) is 5.41. The Labute approximate surface area is 171 Å². The Morgan fingerprint density at radius 2 is 2.00 bits per heavy atom. The number of hydrogen-bond acceptors (Lipinski definition) is 4. The van der Waals surface area contributed by atoms with Gasteiger partial charge in [-0.25, -0.2) is 4.98 Å². The molecule has 0 bridgehead atoms. The first-order valence-corrected chi connectivity index (χ1v) is 10.1. The lowest BCUT2D eigenvalue weighted by Crippen LogP contribution is -2.40. The van der Waals surface area contributed by atoms with Gasteiger partial charge < -0.3 is 14.1 Å². The van der Waals surface area contributed by atoms with E-state index >= 15 is 0 Å². The molecule has 150 valence electrons. The lowest BCUT2D eigenvalue weighted by atomic mass is 9.97. The van der Waals surface area contributed by atoms with Crippen LogP contribution in [0, 0.1) is 0 Å². The van der Waals surface area contributed by atoms with Gasteiger partial charge in [0, 0.05) is 19.5 Å². The Hall–Kier alpha value is -3.08. The normalized spacial score (nSPS) is 16.6. The number of oxazole rings is 1. The van der Waals surface area contributed by atoms with Crippen LogP contribution in [0.5, 0.6) is 5.75 Å². The van der Waals surface area contributed by atoms with Gasteiger partial charge in [-0.15, -0.1) is 0 Å². The predicted molar refractivity (Wildman–Crippen MR) is 111 cm³/mol. The fourth-order valence-electron chi connectivity index (χ4n) is 3.86. The highest BCUT2D eigenvalue weighted by Gasteiger charge is 2.27. The molecule has 0 unspecified atom stereocenters. The highest BCUT2D eigenvalue weighted by molar-refractivity contribution is 5.79. The summed E-state index contributed by atoms with van der Waals surface area (Å²) < 4.78 is 11.3. The molecule has 3 aromatic rings. The highest BCUT2D eigenvalue weighted by atomic mass is 16.5. The van der Waals surface area contributed by atoms with E-state index in [2.05, 4.69) is 17.1 Å². The number of likely N-dealkylation sites (tertiary alicyclic amines) is 1. The van der Waals surface area contributed by atoms with E-state index in [0.717, 1.165) is 48.8 Å². The largest absolute Gasteiger partial charge is 0.497 e. The first-order chi connectivity index (χ1) is 14.2. The van der Waals surface area contributed by atoms with Gasteiger partial charge in [-0.05, 0) is 36.1 Å². The minimum atomic E-state index is 0.138. The lowest BCUT2D eigenvalue weighted by Gasteiger charge is -2.31. The second-order valence-corrected chi connectivity index (χ2v) is 7.53. The van der Waals surface area contributed by atoms with Crippen molar-refractivity contribution in [3.8, 4) is 5.75 Å². The molecule has 0 saturated carbocycles. The summed E-state index contributed by atoms with van der Waals surface area (Å²) in [6, 6.07) is 17.9. The summed E-state index contributed by atoms with van der Waals surface area (Å²) >= 11 is 0. The molecule has 2 aromatic carbocycles. The van der Waals surface area contributed by atoms with Crippen LogP contribution >= 0.6 is 0 Å². The molecule has 2 heterocycles. The van der Waals surface area contributed by atoms with Crippen LogP contribution in [0.25, 0.3) is 0 Å². The third-order valence-corrected chi connectivity index (χ3v) is 5.41. The average Bonchev–Trinajstić information content (AvgIpc) is 3.23. The molecule has 5 nitrogen and oxygen atoms in total. The van der Waals surface area contributed by atoms with Crippen molar-refractivity contribution in [2.24, 2.45) is 0 Å². The van der Waals surface area contributed by atoms with Gasteiger partial charge in [0.15, 0.2) is 5.89 Å². The number of aromatic nitrogens is 1. The lowest BCUT2D eigenvalue weighted by molar-refractivity contribution is -0.131. The Bertz CT molecular complexity index is 952. The number of methoxy groups -OCH3 is 1. The minimum absolute atomic E-state index is 0.138. The summed E-state index contributed by atoms with van der Waals surface area (Å²) in [5, 5.41) is 0. The average molecular weight is 390 g/mol. The molecule has 1 aromatic heterocycles. The number of piperidine rings is 1. The van der Waals surface area contributed by atoms with Crippen molar-refractivity contribution in [2.75, 3.05) is 20.2 Å². The zero-order chi connectivity index (χ0) is 20.1. The van der Waals surface area contributed by atoms with Crippen molar-refractivity contribution < 1.29 is 13.9 Å². The van der Waals surface area contributed by atoms with E-state index in [0.29, 0.717) is 13.0 Å². The smallest absolute Gasteiger partial charge is 0.227 e. The second-order valence-electron chi connectivity index (χ2n) is 7.53. The summed E-state index contributed by atoms with van der Waals surface area (Å²) in [6.07, 6.45) is 4.90. The summed E-state index contributed by atoms with van der Waals surface area (Å²) in [5.41, 5.74) is 2.17. The number of hydrogen-bond donors (Lipinski definition) is 0. The van der Waals surface area contributed by atoms with Crippen LogP contribution < -0.4 is 4.74 Å². The van der Waals surface area contributed by atoms with Crippen LogP contribution in [0.15, 0.2) is 65.2 Å². The standard InChI is InChI=1S/C24H26N2O3/c1-28-21-11-5-9-19(14-21)15-23(27)26-12-6-10-20(17-26)24-25-16-22(29-24)13-18-7-3-2-4-8-18/h2-5,7-9,11,14,16,20H,6,10,12-13,15,17H2,1H3/t20-/m0/s1. The van der Waals surface area contributed by atoms with E-state index in [4.69, 9.17) is 9.15 Å². The molecule has 1 amide bonds. The molecule has 1 fully saturated rings. The van der Waals surface area contributed by atoms with Crippen molar-refractivity contribution in [1.82, 2.24) is 9.88 Å². The molecule has 1 saturated heterocycles. The molecule has 1 aliphatic heterocycles. The van der Waals surface area contributed by atoms with E-state index < -0.39 is 0 Å². The number of ether oxygens (including phenoxy) is 1. The number of carbonyl (C=O) groups is 1. The van der Waals surface area contributed by atoms with Crippen molar-refractivity contribution in [1.29, 1.82) is 0 Å². The zero-order valence-corrected chi connectivity index (χ0v) is 16.7. The molecule has 4 rings (SSSR count). The third kappa shape index (κ3) is 4.86. The fourth-order valence-corrected chi connectivity index (χ4v) is 3.86. The quantitative estimate of drug-likeness (QED) is 0.632. The van der Waals surface area contributed by atoms with Gasteiger partial charge in [-0.3, -0.25) is 4.79 Å². The second kappa shape index (κ2) is 8.95. The number of amides is 1. The topological polar surface area (TPSA) is 55.6 Å². The first-order valence-electron chi connectivity index (χ1n) is 10.1. The maximum atomic E-state index is 12.8. The van der Waals surface area contributed by atoms with Gasteiger partial charge in [-0.1, -0.05) is 42.5 Å². The molecule has 29 heavy (non-hydrogen) atoms. The van der Waals surface area contributed by atoms with Crippen molar-refractivity contribution in [2.45, 2.75) is 31.6 Å². The van der Waals surface area contributed by atoms with Crippen molar-refractivity contribution in [3.05, 3.63) is 83.6 Å². The van der Waals surface area contributed by atoms with Gasteiger partial charge in [0.05, 0.1) is 25.6 Å². The zero-order valence-electron chi connectivity index (χ0n) is 16.7. The van der Waals surface area contributed by atoms with Gasteiger partial charge >= 0.3 is 0 Å². The molecular weight excluding hydrogens is 364 g/mol. The molecule has 1 atom stereocenters. The Balaban J connectivity index is 1.38. The van der Waals surface area contributed by atoms with E-state index in [9.17, 15) is 4.79 Å². The van der Waals surface area contributed by atoms with Gasteiger partial charge in [0.25, 0.3) is 0 Å². The Morgan fingerprint density at radius 3 is 2.83 bits per heavy atom. The van der Waals surface area contributed by atoms with Crippen LogP contribution in [0.4, 0.5) is 0 Å². The molecule has 0 radical (unpaired) electrons. The fraction of sp³-hybridized carbons (Fsp3) is 0.333. The van der Waals surface area contributed by atoms with Crippen LogP contribution in [0.3, 0.4) is 0 Å². The molecule has 1 aliphatic rings. The Kier molecular flexibility index (Phi) is 5.94. The summed E-state index contributed by atoms with van der Waals surface area (Å²) in [6.45, 7) is 1.45. The maximum Gasteiger partial charge on any atom is 0.227 e. The molecule has 5 heteroatoms. The maximum absolute atomic E-state index is 12.8. The summed E-state index contributed by atoms with van der Waals surface area (Å²) in [4.78, 5) is 19.3. The van der Waals surface area contributed by atoms with Gasteiger partial charge in [-0.2, -0.15) is 0 Å². The van der Waals surface area contributed by atoms with E-state index in [1.54, 1.807) is 7.11 Å². The number of benzene rings is 2. The first kappa shape index (κ1) is 19.2. The van der Waals surface area contributed by atoms with Crippen molar-refractivity contribution in [3.63, 3.8) is 0 Å². The molecular formula is C24H26N2O3. The summed E-state index contributed by atoms with van der Waals surface area (Å²) in [5.74, 6) is 2.68. The predicted octanol–water partition coefficient (Wildman–Crippen LogP) is 4.22. The highest BCUT2D eigenvalue weighted by Crippen LogP contribution is 2.28. The van der Waals surface area contributed by atoms with Crippen LogP contribution in [0.2, 0.25) is 0 Å². The van der Waals surface area contributed by atoms with E-state index in [1.165, 1.54) is 5.56 Å². The summed E-state index contributed by atoms with van der Waals surface area (Å²) in [7, 11) is 1.64. The molecule has 0 spiro atoms. The molecule has 0 aliphatic carbocycles. The van der Waals surface area contributed by atoms with E-state index in [1.807, 2.05) is 53.6 Å². The van der Waals surface area contributed by atoms with Crippen LogP contribution in [0.1, 0.15) is 41.5 Å². The van der Waals surface area contributed by atoms with Gasteiger partial charge in [0.1, 0.15) is 11.5 Å². The van der Waals surface area contributed by atoms with Gasteiger partial charge in [0.2, 0.25) is 5.91 Å². The Morgan fingerprint density at radius 1 is 1.17 bits per heavy atom. The van der Waals surface area contributed by atoms with Crippen LogP contribution in [-0.4, -0.2) is 36.0 Å². The SMILES string of the molecule is COc1cccc(CC(=O)N2CCC[C@H](c3ncc(Cc4ccccc4)o3)C2)c1. The number of rotatable bonds is 6. The van der Waals surface area contributed by atoms with Crippen molar-refractivity contribution >= 4 is 5.91 Å². The monoisotopic (exact) mass is 390 g/mol. The van der Waals surface area contributed by atoms with Crippen LogP contribution in [-0.2, 0) is 17.6 Å². The number of carbonyl (C=O) groups excluding carboxylic acids is 1. The number of nitrogens with zero attached hydrogens (tertiary/aromatic N) is 2.